The van der Waals surface area contributed by atoms with Crippen LogP contribution in [-0.2, 0) is 0 Å². The first-order valence-electron chi connectivity index (χ1n) is 5.30. The van der Waals surface area contributed by atoms with E-state index in [2.05, 4.69) is 20.9 Å². The van der Waals surface area contributed by atoms with Crippen molar-refractivity contribution in [2.45, 2.75) is 6.92 Å². The van der Waals surface area contributed by atoms with Crippen molar-refractivity contribution in [2.24, 2.45) is 0 Å². The van der Waals surface area contributed by atoms with Gasteiger partial charge in [-0.1, -0.05) is 0 Å². The second-order valence-electron chi connectivity index (χ2n) is 3.95. The lowest BCUT2D eigenvalue weighted by Crippen LogP contribution is -2.14. The Balaban J connectivity index is 2.47. The van der Waals surface area contributed by atoms with Gasteiger partial charge in [0.2, 0.25) is 0 Å². The molecule has 0 unspecified atom stereocenters. The molecule has 0 atom stereocenters. The Hall–Kier alpha value is -1.49. The number of benzene rings is 1. The highest BCUT2D eigenvalue weighted by atomic mass is 79.9. The zero-order valence-electron chi connectivity index (χ0n) is 9.92. The van der Waals surface area contributed by atoms with Crippen LogP contribution in [0.5, 0.6) is 0 Å². The number of anilines is 2. The van der Waals surface area contributed by atoms with E-state index in [1.165, 1.54) is 4.90 Å². The summed E-state index contributed by atoms with van der Waals surface area (Å²) in [6.07, 6.45) is 1.62. The topological polar surface area (TPSA) is 16.1 Å². The predicted octanol–water partition coefficient (Wildman–Crippen LogP) is 4.20. The van der Waals surface area contributed by atoms with Crippen molar-refractivity contribution in [1.29, 1.82) is 0 Å². The Morgan fingerprint density at radius 3 is 2.61 bits per heavy atom. The number of aromatic nitrogens is 1. The summed E-state index contributed by atoms with van der Waals surface area (Å²) < 4.78 is 27.7. The molecule has 0 aliphatic heterocycles. The third-order valence-corrected chi connectivity index (χ3v) is 3.04. The molecule has 5 heteroatoms. The van der Waals surface area contributed by atoms with Gasteiger partial charge in [0.05, 0.1) is 5.69 Å². The summed E-state index contributed by atoms with van der Waals surface area (Å²) in [5, 5.41) is 0. The Labute approximate surface area is 112 Å². The molecule has 0 amide bonds. The average molecular weight is 313 g/mol. The van der Waals surface area contributed by atoms with Gasteiger partial charge in [-0.05, 0) is 46.6 Å². The zero-order chi connectivity index (χ0) is 13.3. The highest BCUT2D eigenvalue weighted by Gasteiger charge is 2.13. The molecule has 0 saturated carbocycles. The summed E-state index contributed by atoms with van der Waals surface area (Å²) >= 11 is 3.31. The van der Waals surface area contributed by atoms with Gasteiger partial charge in [0.15, 0.2) is 0 Å². The molecule has 0 fully saturated rings. The first kappa shape index (κ1) is 13.0. The number of hydrogen-bond donors (Lipinski definition) is 0. The van der Waals surface area contributed by atoms with Crippen LogP contribution in [0.3, 0.4) is 0 Å². The minimum Gasteiger partial charge on any atom is -0.327 e. The van der Waals surface area contributed by atoms with Gasteiger partial charge < -0.3 is 4.90 Å². The number of aryl methyl sites for hydroxylation is 1. The summed E-state index contributed by atoms with van der Waals surface area (Å²) in [4.78, 5) is 5.74. The van der Waals surface area contributed by atoms with Crippen LogP contribution in [0.4, 0.5) is 20.3 Å². The molecule has 0 radical (unpaired) electrons. The van der Waals surface area contributed by atoms with E-state index < -0.39 is 11.6 Å². The Bertz CT molecular complexity index is 587. The van der Waals surface area contributed by atoms with E-state index in [1.807, 2.05) is 13.0 Å². The molecule has 0 aliphatic rings. The molecule has 0 N–H and O–H groups in total. The number of rotatable bonds is 2. The normalized spacial score (nSPS) is 10.5. The average Bonchev–Trinajstić information content (AvgIpc) is 2.31. The molecular weight excluding hydrogens is 302 g/mol. The van der Waals surface area contributed by atoms with Crippen molar-refractivity contribution in [3.8, 4) is 0 Å². The van der Waals surface area contributed by atoms with Crippen LogP contribution in [0.15, 0.2) is 34.9 Å². The molecule has 0 bridgehead atoms. The lowest BCUT2D eigenvalue weighted by atomic mass is 10.2. The van der Waals surface area contributed by atoms with Gasteiger partial charge in [0, 0.05) is 23.8 Å². The van der Waals surface area contributed by atoms with Crippen molar-refractivity contribution in [3.05, 3.63) is 52.1 Å². The maximum absolute atomic E-state index is 13.7. The van der Waals surface area contributed by atoms with Crippen LogP contribution in [0.1, 0.15) is 5.56 Å². The van der Waals surface area contributed by atoms with Crippen LogP contribution in [0.25, 0.3) is 0 Å². The number of pyridine rings is 1. The van der Waals surface area contributed by atoms with Crippen LogP contribution in [0.2, 0.25) is 0 Å². The molecule has 0 saturated heterocycles. The van der Waals surface area contributed by atoms with Crippen LogP contribution in [-0.4, -0.2) is 12.0 Å². The molecule has 0 aliphatic carbocycles. The van der Waals surface area contributed by atoms with Gasteiger partial charge in [-0.25, -0.2) is 13.8 Å². The second-order valence-corrected chi connectivity index (χ2v) is 4.86. The summed E-state index contributed by atoms with van der Waals surface area (Å²) in [5.41, 5.74) is 1.03. The fraction of sp³-hybridized carbons (Fsp3) is 0.154. The largest absolute Gasteiger partial charge is 0.327 e. The van der Waals surface area contributed by atoms with Gasteiger partial charge in [-0.3, -0.25) is 0 Å². The fourth-order valence-corrected chi connectivity index (χ4v) is 2.19. The maximum Gasteiger partial charge on any atom is 0.147 e. The highest BCUT2D eigenvalue weighted by Crippen LogP contribution is 2.28. The zero-order valence-corrected chi connectivity index (χ0v) is 11.5. The van der Waals surface area contributed by atoms with Gasteiger partial charge in [0.1, 0.15) is 17.5 Å². The van der Waals surface area contributed by atoms with Crippen molar-refractivity contribution < 1.29 is 8.78 Å². The molecule has 1 heterocycles. The monoisotopic (exact) mass is 312 g/mol. The smallest absolute Gasteiger partial charge is 0.147 e. The maximum atomic E-state index is 13.7. The van der Waals surface area contributed by atoms with Crippen LogP contribution in [0, 0.1) is 18.6 Å². The molecule has 2 nitrogen and oxygen atoms in total. The van der Waals surface area contributed by atoms with E-state index >= 15 is 0 Å². The quantitative estimate of drug-likeness (QED) is 0.826. The summed E-state index contributed by atoms with van der Waals surface area (Å²) in [7, 11) is 1.65. The van der Waals surface area contributed by atoms with Gasteiger partial charge in [-0.2, -0.15) is 0 Å². The Morgan fingerprint density at radius 1 is 1.22 bits per heavy atom. The molecule has 2 rings (SSSR count). The standard InChI is InChI=1S/C13H11BrF2N2/c1-8-5-9(14)7-17-13(8)18(2)12-6-10(15)3-4-11(12)16/h3-7H,1-2H3. The summed E-state index contributed by atoms with van der Waals surface area (Å²) in [6, 6.07) is 5.22. The molecule has 0 spiro atoms. The second kappa shape index (κ2) is 5.02. The lowest BCUT2D eigenvalue weighted by molar-refractivity contribution is 0.600. The van der Waals surface area contributed by atoms with Crippen molar-refractivity contribution >= 4 is 27.4 Å². The Kier molecular flexibility index (Phi) is 3.61. The minimum absolute atomic E-state index is 0.160. The van der Waals surface area contributed by atoms with Crippen molar-refractivity contribution in [2.75, 3.05) is 11.9 Å². The number of halogens is 3. The molecular formula is C13H11BrF2N2. The van der Waals surface area contributed by atoms with Crippen LogP contribution >= 0.6 is 15.9 Å². The van der Waals surface area contributed by atoms with E-state index in [1.54, 1.807) is 13.2 Å². The van der Waals surface area contributed by atoms with E-state index in [9.17, 15) is 8.78 Å². The Morgan fingerprint density at radius 2 is 1.94 bits per heavy atom. The number of nitrogens with zero attached hydrogens (tertiary/aromatic N) is 2. The predicted molar refractivity (Wildman–Crippen MR) is 71.1 cm³/mol. The van der Waals surface area contributed by atoms with Crippen molar-refractivity contribution in [1.82, 2.24) is 4.98 Å². The fourth-order valence-electron chi connectivity index (χ4n) is 1.74. The molecule has 1 aromatic carbocycles. The van der Waals surface area contributed by atoms with Crippen molar-refractivity contribution in [3.63, 3.8) is 0 Å². The van der Waals surface area contributed by atoms with E-state index in [0.29, 0.717) is 5.82 Å². The highest BCUT2D eigenvalue weighted by molar-refractivity contribution is 9.10. The van der Waals surface area contributed by atoms with Crippen LogP contribution < -0.4 is 4.90 Å². The summed E-state index contributed by atoms with van der Waals surface area (Å²) in [6.45, 7) is 1.86. The van der Waals surface area contributed by atoms with E-state index in [0.717, 1.165) is 28.2 Å². The molecule has 1 aromatic heterocycles. The molecule has 18 heavy (non-hydrogen) atoms. The molecule has 2 aromatic rings. The third-order valence-electron chi connectivity index (χ3n) is 2.60. The first-order valence-corrected chi connectivity index (χ1v) is 6.09. The van der Waals surface area contributed by atoms with Gasteiger partial charge in [-0.15, -0.1) is 0 Å². The number of hydrogen-bond acceptors (Lipinski definition) is 2. The molecule has 94 valence electrons. The lowest BCUT2D eigenvalue weighted by Gasteiger charge is -2.20. The minimum atomic E-state index is -0.483. The third kappa shape index (κ3) is 2.51. The van der Waals surface area contributed by atoms with E-state index in [4.69, 9.17) is 0 Å². The van der Waals surface area contributed by atoms with Gasteiger partial charge in [0.25, 0.3) is 0 Å². The first-order chi connectivity index (χ1) is 8.49. The SMILES string of the molecule is Cc1cc(Br)cnc1N(C)c1cc(F)ccc1F. The van der Waals surface area contributed by atoms with E-state index in [-0.39, 0.29) is 5.69 Å². The van der Waals surface area contributed by atoms with Gasteiger partial charge >= 0.3 is 0 Å². The summed E-state index contributed by atoms with van der Waals surface area (Å²) in [5.74, 6) is -0.376.